The lowest BCUT2D eigenvalue weighted by Gasteiger charge is -2.53. The van der Waals surface area contributed by atoms with Crippen molar-refractivity contribution in [2.45, 2.75) is 103 Å². The van der Waals surface area contributed by atoms with Crippen LogP contribution in [0.4, 0.5) is 105 Å². The van der Waals surface area contributed by atoms with Gasteiger partial charge in [0.2, 0.25) is 0 Å². The summed E-state index contributed by atoms with van der Waals surface area (Å²) < 4.78 is 336. The first kappa shape index (κ1) is 41.2. The van der Waals surface area contributed by atoms with E-state index in [1.807, 2.05) is 0 Å². The minimum atomic E-state index is -8.62. The fourth-order valence-electron chi connectivity index (χ4n) is 5.50. The number of allylic oxidation sites excluding steroid dienone is 1. The van der Waals surface area contributed by atoms with Crippen LogP contribution in [0.15, 0.2) is 12.2 Å². The molecule has 1 fully saturated rings. The Morgan fingerprint density at radius 1 is 0.468 bits per heavy atom. The second-order valence-electron chi connectivity index (χ2n) is 10.6. The van der Waals surface area contributed by atoms with E-state index in [0.717, 1.165) is 6.08 Å². The standard InChI is InChI=1S/C21H14F24O2/c22-12(16(28,29)30,17(31,32)33)10(46,14(24,25)20(40,41)42)3-4-11(15(26,27)21(43,44)45,13(23,18(34,35)36)19(37,38)39)47-9-6-7-1-2-8(9)5-7/h1-2,7-9,46H,3-6H2. The maximum Gasteiger partial charge on any atom is 0.456 e. The smallest absolute Gasteiger partial charge is 0.379 e. The van der Waals surface area contributed by atoms with E-state index in [1.165, 1.54) is 0 Å². The first-order valence-electron chi connectivity index (χ1n) is 11.9. The molecule has 2 bridgehead atoms. The molecule has 0 heterocycles. The highest BCUT2D eigenvalue weighted by molar-refractivity contribution is 5.24. The average molecular weight is 754 g/mol. The number of ether oxygens (including phenoxy) is 1. The molecule has 0 aromatic carbocycles. The molecule has 0 radical (unpaired) electrons. The topological polar surface area (TPSA) is 29.5 Å². The van der Waals surface area contributed by atoms with Gasteiger partial charge in [0, 0.05) is 5.92 Å². The number of rotatable bonds is 9. The third-order valence-corrected chi connectivity index (χ3v) is 7.84. The van der Waals surface area contributed by atoms with Gasteiger partial charge in [0.1, 0.15) is 0 Å². The lowest BCUT2D eigenvalue weighted by molar-refractivity contribution is -0.465. The van der Waals surface area contributed by atoms with Crippen molar-refractivity contribution in [1.29, 1.82) is 0 Å². The molecular formula is C21H14F24O2. The van der Waals surface area contributed by atoms with Crippen LogP contribution >= 0.6 is 0 Å². The molecule has 2 nitrogen and oxygen atoms in total. The zero-order valence-electron chi connectivity index (χ0n) is 21.6. The van der Waals surface area contributed by atoms with Gasteiger partial charge in [-0.05, 0) is 31.6 Å². The fraction of sp³-hybridized carbons (Fsp3) is 0.905. The highest BCUT2D eigenvalue weighted by Gasteiger charge is 2.94. The van der Waals surface area contributed by atoms with Crippen LogP contribution in [0.25, 0.3) is 0 Å². The van der Waals surface area contributed by atoms with Crippen LogP contribution in [-0.4, -0.2) is 82.7 Å². The monoisotopic (exact) mass is 754 g/mol. The summed E-state index contributed by atoms with van der Waals surface area (Å²) >= 11 is 0. The van der Waals surface area contributed by atoms with Crippen LogP contribution in [0.2, 0.25) is 0 Å². The largest absolute Gasteiger partial charge is 0.456 e. The molecule has 0 aromatic heterocycles. The predicted octanol–water partition coefficient (Wildman–Crippen LogP) is 9.28. The maximum atomic E-state index is 15.5. The van der Waals surface area contributed by atoms with Gasteiger partial charge in [0.25, 0.3) is 0 Å². The van der Waals surface area contributed by atoms with Gasteiger partial charge in [0.15, 0.2) is 11.2 Å². The molecule has 47 heavy (non-hydrogen) atoms. The van der Waals surface area contributed by atoms with E-state index in [9.17, 15) is 97.3 Å². The molecule has 0 spiro atoms. The molecule has 0 aromatic rings. The van der Waals surface area contributed by atoms with Gasteiger partial charge in [-0.25, -0.2) is 8.78 Å². The number of halogens is 24. The molecule has 1 N–H and O–H groups in total. The summed E-state index contributed by atoms with van der Waals surface area (Å²) in [5.74, 6) is -19.8. The number of fused-ring (bicyclic) bond motifs is 2. The van der Waals surface area contributed by atoms with Crippen molar-refractivity contribution < 1.29 is 115 Å². The Morgan fingerprint density at radius 2 is 0.851 bits per heavy atom. The van der Waals surface area contributed by atoms with Crippen LogP contribution in [0.1, 0.15) is 25.7 Å². The molecule has 26 heteroatoms. The maximum absolute atomic E-state index is 15.5. The Labute approximate surface area is 243 Å². The molecule has 1 saturated carbocycles. The zero-order chi connectivity index (χ0) is 37.7. The van der Waals surface area contributed by atoms with Gasteiger partial charge in [-0.15, -0.1) is 0 Å². The van der Waals surface area contributed by atoms with Crippen LogP contribution in [0, 0.1) is 11.8 Å². The van der Waals surface area contributed by atoms with E-state index in [0.29, 0.717) is 6.08 Å². The van der Waals surface area contributed by atoms with Gasteiger partial charge in [-0.1, -0.05) is 12.2 Å². The molecule has 5 atom stereocenters. The lowest BCUT2D eigenvalue weighted by Crippen LogP contribution is -2.80. The SMILES string of the molecule is OC(CCC(OC1CC2C=CC1C2)(C(F)(F)C(F)(F)F)C(F)(C(F)(F)F)C(F)(F)F)(C(F)(F)C(F)(F)F)C(F)(C(F)(F)F)C(F)(F)F. The van der Waals surface area contributed by atoms with Gasteiger partial charge < -0.3 is 9.84 Å². The lowest BCUT2D eigenvalue weighted by atomic mass is 9.67. The Bertz CT molecular complexity index is 1140. The minimum Gasteiger partial charge on any atom is -0.379 e. The molecule has 0 saturated heterocycles. The van der Waals surface area contributed by atoms with Crippen LogP contribution in [-0.2, 0) is 4.74 Å². The molecular weight excluding hydrogens is 740 g/mol. The van der Waals surface area contributed by atoms with Crippen molar-refractivity contribution in [3.8, 4) is 0 Å². The van der Waals surface area contributed by atoms with Crippen LogP contribution in [0.5, 0.6) is 0 Å². The average Bonchev–Trinajstić information content (AvgIpc) is 3.44. The number of alkyl halides is 24. The van der Waals surface area contributed by atoms with Gasteiger partial charge in [-0.2, -0.15) is 96.6 Å². The summed E-state index contributed by atoms with van der Waals surface area (Å²) in [5.41, 5.74) is -32.6. The molecule has 2 aliphatic carbocycles. The van der Waals surface area contributed by atoms with Crippen molar-refractivity contribution in [2.24, 2.45) is 11.8 Å². The van der Waals surface area contributed by atoms with E-state index < -0.39 is 115 Å². The van der Waals surface area contributed by atoms with E-state index in [2.05, 4.69) is 4.74 Å². The molecule has 278 valence electrons. The van der Waals surface area contributed by atoms with Crippen molar-refractivity contribution in [2.75, 3.05) is 0 Å². The second kappa shape index (κ2) is 11.0. The molecule has 0 aliphatic heterocycles. The van der Waals surface area contributed by atoms with Crippen LogP contribution < -0.4 is 0 Å². The molecule has 2 rings (SSSR count). The summed E-state index contributed by atoms with van der Waals surface area (Å²) in [7, 11) is 0. The van der Waals surface area contributed by atoms with Crippen molar-refractivity contribution >= 4 is 0 Å². The van der Waals surface area contributed by atoms with Crippen molar-refractivity contribution in [3.63, 3.8) is 0 Å². The van der Waals surface area contributed by atoms with Gasteiger partial charge >= 0.3 is 60.2 Å². The normalized spacial score (nSPS) is 25.3. The Balaban J connectivity index is 3.20. The second-order valence-corrected chi connectivity index (χ2v) is 10.6. The van der Waals surface area contributed by atoms with E-state index in [-0.39, 0.29) is 0 Å². The van der Waals surface area contributed by atoms with Crippen LogP contribution in [0.3, 0.4) is 0 Å². The van der Waals surface area contributed by atoms with E-state index >= 15 is 13.2 Å². The summed E-state index contributed by atoms with van der Waals surface area (Å²) in [5, 5.41) is 9.67. The minimum absolute atomic E-state index is 0.616. The molecule has 0 amide bonds. The molecule has 2 aliphatic rings. The highest BCUT2D eigenvalue weighted by Crippen LogP contribution is 2.67. The Kier molecular flexibility index (Phi) is 9.62. The number of aliphatic hydroxyl groups is 1. The number of hydrogen-bond acceptors (Lipinski definition) is 2. The third-order valence-electron chi connectivity index (χ3n) is 7.84. The van der Waals surface area contributed by atoms with Crippen molar-refractivity contribution in [3.05, 3.63) is 12.2 Å². The summed E-state index contributed by atoms with van der Waals surface area (Å²) in [4.78, 5) is 0. The Morgan fingerprint density at radius 3 is 1.13 bits per heavy atom. The first-order valence-corrected chi connectivity index (χ1v) is 11.9. The van der Waals surface area contributed by atoms with Crippen molar-refractivity contribution in [1.82, 2.24) is 0 Å². The van der Waals surface area contributed by atoms with E-state index in [1.54, 1.807) is 0 Å². The number of hydrogen-bond donors (Lipinski definition) is 1. The Hall–Kier alpha value is -2.02. The van der Waals surface area contributed by atoms with Gasteiger partial charge in [0.05, 0.1) is 6.10 Å². The quantitative estimate of drug-likeness (QED) is 0.188. The predicted molar refractivity (Wildman–Crippen MR) is 101 cm³/mol. The summed E-state index contributed by atoms with van der Waals surface area (Å²) in [6.45, 7) is 0. The first-order chi connectivity index (χ1) is 20.3. The fourth-order valence-corrected chi connectivity index (χ4v) is 5.50. The summed E-state index contributed by atoms with van der Waals surface area (Å²) in [6, 6.07) is 0. The third kappa shape index (κ3) is 5.66. The zero-order valence-corrected chi connectivity index (χ0v) is 21.6. The van der Waals surface area contributed by atoms with E-state index in [4.69, 9.17) is 0 Å². The molecule has 5 unspecified atom stereocenters. The highest BCUT2D eigenvalue weighted by atomic mass is 19.5. The van der Waals surface area contributed by atoms with Gasteiger partial charge in [-0.3, -0.25) is 0 Å². The summed E-state index contributed by atoms with van der Waals surface area (Å²) in [6.07, 6.45) is -62.5.